The molecule has 2 N–H and O–H groups in total. The van der Waals surface area contributed by atoms with Crippen molar-refractivity contribution >= 4 is 12.4 Å². The summed E-state index contributed by atoms with van der Waals surface area (Å²) in [6.07, 6.45) is 6.43. The number of rotatable bonds is 8. The average Bonchev–Trinajstić information content (AvgIpc) is 2.97. The standard InChI is InChI=1S/C19H30N2O2.ClH/c1-22-13-16-5-2-7-18(11-16)23-15-19(8-4-9-19)14-21-10-3-6-17(21)12-20;/h2,5,7,11,17H,3-4,6,8-10,12-15,20H2,1H3;1H. The average molecular weight is 355 g/mol. The van der Waals surface area contributed by atoms with Crippen molar-refractivity contribution in [1.29, 1.82) is 0 Å². The lowest BCUT2D eigenvalue weighted by molar-refractivity contribution is 0.0147. The quantitative estimate of drug-likeness (QED) is 0.778. The highest BCUT2D eigenvalue weighted by atomic mass is 35.5. The Balaban J connectivity index is 0.00000208. The Labute approximate surface area is 152 Å². The van der Waals surface area contributed by atoms with E-state index in [2.05, 4.69) is 17.0 Å². The van der Waals surface area contributed by atoms with Gasteiger partial charge < -0.3 is 15.2 Å². The van der Waals surface area contributed by atoms with E-state index in [1.165, 1.54) is 38.6 Å². The maximum atomic E-state index is 6.17. The fourth-order valence-electron chi connectivity index (χ4n) is 3.95. The minimum Gasteiger partial charge on any atom is -0.493 e. The molecule has 1 saturated heterocycles. The highest BCUT2D eigenvalue weighted by Gasteiger charge is 2.41. The molecule has 1 aromatic rings. The number of benzene rings is 1. The van der Waals surface area contributed by atoms with E-state index in [4.69, 9.17) is 15.2 Å². The zero-order valence-electron chi connectivity index (χ0n) is 14.7. The SMILES string of the molecule is COCc1cccc(OCC2(CN3CCCC3CN)CCC2)c1.Cl. The van der Waals surface area contributed by atoms with Gasteiger partial charge in [0, 0.05) is 31.7 Å². The molecule has 2 fully saturated rings. The van der Waals surface area contributed by atoms with Crippen molar-refractivity contribution in [2.24, 2.45) is 11.1 Å². The van der Waals surface area contributed by atoms with Crippen LogP contribution in [-0.4, -0.2) is 44.3 Å². The predicted octanol–water partition coefficient (Wildman–Crippen LogP) is 3.23. The van der Waals surface area contributed by atoms with Gasteiger partial charge in [0.1, 0.15) is 5.75 Å². The Hall–Kier alpha value is -0.810. The van der Waals surface area contributed by atoms with Crippen LogP contribution < -0.4 is 10.5 Å². The van der Waals surface area contributed by atoms with Gasteiger partial charge in [-0.3, -0.25) is 4.90 Å². The van der Waals surface area contributed by atoms with Crippen molar-refractivity contribution in [3.05, 3.63) is 29.8 Å². The third kappa shape index (κ3) is 4.63. The molecule has 2 aliphatic rings. The molecule has 0 spiro atoms. The Bertz CT molecular complexity index is 508. The Morgan fingerprint density at radius 2 is 2.12 bits per heavy atom. The first-order chi connectivity index (χ1) is 11.2. The number of methoxy groups -OCH3 is 1. The summed E-state index contributed by atoms with van der Waals surface area (Å²) in [6.45, 7) is 4.58. The van der Waals surface area contributed by atoms with Gasteiger partial charge in [-0.25, -0.2) is 0 Å². The molecular weight excluding hydrogens is 324 g/mol. The maximum Gasteiger partial charge on any atom is 0.119 e. The van der Waals surface area contributed by atoms with Crippen molar-refractivity contribution in [1.82, 2.24) is 4.90 Å². The molecule has 1 aliphatic carbocycles. The van der Waals surface area contributed by atoms with Crippen molar-refractivity contribution in [2.45, 2.75) is 44.8 Å². The molecule has 0 aromatic heterocycles. The number of halogens is 1. The number of nitrogens with zero attached hydrogens (tertiary/aromatic N) is 1. The van der Waals surface area contributed by atoms with Crippen molar-refractivity contribution in [3.63, 3.8) is 0 Å². The van der Waals surface area contributed by atoms with E-state index < -0.39 is 0 Å². The third-order valence-corrected chi connectivity index (χ3v) is 5.48. The Morgan fingerprint density at radius 1 is 1.29 bits per heavy atom. The molecule has 5 heteroatoms. The van der Waals surface area contributed by atoms with Gasteiger partial charge in [0.15, 0.2) is 0 Å². The molecule has 1 atom stereocenters. The Kier molecular flexibility index (Phi) is 7.35. The van der Waals surface area contributed by atoms with Gasteiger partial charge >= 0.3 is 0 Å². The van der Waals surface area contributed by atoms with Crippen molar-refractivity contribution in [2.75, 3.05) is 33.4 Å². The molecule has 0 amide bonds. The van der Waals surface area contributed by atoms with Gasteiger partial charge in [-0.1, -0.05) is 18.6 Å². The molecule has 24 heavy (non-hydrogen) atoms. The van der Waals surface area contributed by atoms with Crippen LogP contribution in [0.4, 0.5) is 0 Å². The number of likely N-dealkylation sites (tertiary alicyclic amines) is 1. The number of ether oxygens (including phenoxy) is 2. The fraction of sp³-hybridized carbons (Fsp3) is 0.684. The zero-order chi connectivity index (χ0) is 16.1. The second kappa shape index (κ2) is 9.04. The summed E-state index contributed by atoms with van der Waals surface area (Å²) >= 11 is 0. The van der Waals surface area contributed by atoms with Gasteiger partial charge in [0.05, 0.1) is 13.2 Å². The smallest absolute Gasteiger partial charge is 0.119 e. The molecule has 4 nitrogen and oxygen atoms in total. The number of hydrogen-bond acceptors (Lipinski definition) is 4. The molecule has 0 radical (unpaired) electrons. The third-order valence-electron chi connectivity index (χ3n) is 5.48. The summed E-state index contributed by atoms with van der Waals surface area (Å²) in [4.78, 5) is 2.60. The summed E-state index contributed by atoms with van der Waals surface area (Å²) in [7, 11) is 1.72. The minimum absolute atomic E-state index is 0. The lowest BCUT2D eigenvalue weighted by atomic mass is 9.69. The molecule has 3 rings (SSSR count). The fourth-order valence-corrected chi connectivity index (χ4v) is 3.95. The first kappa shape index (κ1) is 19.5. The second-order valence-electron chi connectivity index (χ2n) is 7.22. The molecule has 136 valence electrons. The van der Waals surface area contributed by atoms with Crippen LogP contribution in [0.1, 0.15) is 37.7 Å². The summed E-state index contributed by atoms with van der Waals surface area (Å²) in [5.41, 5.74) is 7.42. The van der Waals surface area contributed by atoms with E-state index in [1.54, 1.807) is 7.11 Å². The molecule has 1 unspecified atom stereocenters. The summed E-state index contributed by atoms with van der Waals surface area (Å²) < 4.78 is 11.4. The summed E-state index contributed by atoms with van der Waals surface area (Å²) in [5, 5.41) is 0. The zero-order valence-corrected chi connectivity index (χ0v) is 15.5. The Morgan fingerprint density at radius 3 is 2.79 bits per heavy atom. The van der Waals surface area contributed by atoms with Crippen molar-refractivity contribution in [3.8, 4) is 5.75 Å². The summed E-state index contributed by atoms with van der Waals surface area (Å²) in [6, 6.07) is 8.84. The van der Waals surface area contributed by atoms with Gasteiger partial charge in [-0.05, 0) is 49.9 Å². The number of nitrogens with two attached hydrogens (primary N) is 1. The highest BCUT2D eigenvalue weighted by molar-refractivity contribution is 5.85. The summed E-state index contributed by atoms with van der Waals surface area (Å²) in [5.74, 6) is 0.961. The topological polar surface area (TPSA) is 47.7 Å². The molecule has 1 heterocycles. The van der Waals surface area contributed by atoms with Crippen molar-refractivity contribution < 1.29 is 9.47 Å². The van der Waals surface area contributed by atoms with Crippen LogP contribution in [0.5, 0.6) is 5.75 Å². The van der Waals surface area contributed by atoms with Crippen LogP contribution in [0.2, 0.25) is 0 Å². The van der Waals surface area contributed by atoms with Gasteiger partial charge in [0.2, 0.25) is 0 Å². The van der Waals surface area contributed by atoms with Crippen LogP contribution in [0.25, 0.3) is 0 Å². The number of hydrogen-bond donors (Lipinski definition) is 1. The van der Waals surface area contributed by atoms with Crippen LogP contribution in [-0.2, 0) is 11.3 Å². The maximum absolute atomic E-state index is 6.17. The largest absolute Gasteiger partial charge is 0.493 e. The molecule has 0 bridgehead atoms. The lowest BCUT2D eigenvalue weighted by Gasteiger charge is -2.45. The van der Waals surface area contributed by atoms with Crippen LogP contribution in [0, 0.1) is 5.41 Å². The predicted molar refractivity (Wildman–Crippen MR) is 99.8 cm³/mol. The van der Waals surface area contributed by atoms with Gasteiger partial charge in [-0.2, -0.15) is 0 Å². The normalized spacial score (nSPS) is 22.7. The van der Waals surface area contributed by atoms with E-state index >= 15 is 0 Å². The monoisotopic (exact) mass is 354 g/mol. The van der Waals surface area contributed by atoms with E-state index in [0.717, 1.165) is 31.0 Å². The first-order valence-corrected chi connectivity index (χ1v) is 8.89. The van der Waals surface area contributed by atoms with E-state index in [0.29, 0.717) is 18.1 Å². The molecule has 1 aliphatic heterocycles. The van der Waals surface area contributed by atoms with Crippen LogP contribution in [0.3, 0.4) is 0 Å². The van der Waals surface area contributed by atoms with Gasteiger partial charge in [-0.15, -0.1) is 12.4 Å². The van der Waals surface area contributed by atoms with E-state index in [-0.39, 0.29) is 12.4 Å². The molecule has 1 aromatic carbocycles. The van der Waals surface area contributed by atoms with Crippen LogP contribution in [0.15, 0.2) is 24.3 Å². The second-order valence-corrected chi connectivity index (χ2v) is 7.22. The lowest BCUT2D eigenvalue weighted by Crippen LogP contribution is -2.49. The van der Waals surface area contributed by atoms with Crippen LogP contribution >= 0.6 is 12.4 Å². The highest BCUT2D eigenvalue weighted by Crippen LogP contribution is 2.43. The molecule has 1 saturated carbocycles. The van der Waals surface area contributed by atoms with Gasteiger partial charge in [0.25, 0.3) is 0 Å². The van der Waals surface area contributed by atoms with E-state index in [9.17, 15) is 0 Å². The molecular formula is C19H31ClN2O2. The minimum atomic E-state index is 0. The van der Waals surface area contributed by atoms with E-state index in [1.807, 2.05) is 12.1 Å². The first-order valence-electron chi connectivity index (χ1n) is 8.89.